The van der Waals surface area contributed by atoms with E-state index in [0.717, 1.165) is 3.57 Å². The standard InChI is InChI=1S/C10H10IN3O/c1-10(2,6-12)9(15)14-8-4-3-7(11)5-13-8/h3-5H,1-2H3,(H,13,14,15). The number of nitrogens with zero attached hydrogens (tertiary/aromatic N) is 2. The highest BCUT2D eigenvalue weighted by atomic mass is 127. The smallest absolute Gasteiger partial charge is 0.245 e. The van der Waals surface area contributed by atoms with Gasteiger partial charge in [-0.05, 0) is 48.6 Å². The minimum atomic E-state index is -1.04. The molecule has 0 saturated heterocycles. The monoisotopic (exact) mass is 315 g/mol. The van der Waals surface area contributed by atoms with Gasteiger partial charge in [0.05, 0.1) is 6.07 Å². The van der Waals surface area contributed by atoms with Crippen LogP contribution in [-0.2, 0) is 4.79 Å². The van der Waals surface area contributed by atoms with E-state index in [9.17, 15) is 4.79 Å². The molecule has 15 heavy (non-hydrogen) atoms. The Morgan fingerprint density at radius 1 is 1.60 bits per heavy atom. The number of nitrogens with one attached hydrogen (secondary N) is 1. The number of hydrogen-bond acceptors (Lipinski definition) is 3. The lowest BCUT2D eigenvalue weighted by molar-refractivity contribution is -0.121. The Morgan fingerprint density at radius 2 is 2.27 bits per heavy atom. The molecule has 78 valence electrons. The lowest BCUT2D eigenvalue weighted by Gasteiger charge is -2.14. The maximum atomic E-state index is 11.6. The average molecular weight is 315 g/mol. The van der Waals surface area contributed by atoms with Gasteiger partial charge in [-0.25, -0.2) is 4.98 Å². The molecule has 0 spiro atoms. The van der Waals surface area contributed by atoms with Crippen LogP contribution in [0.2, 0.25) is 0 Å². The average Bonchev–Trinajstić information content (AvgIpc) is 2.21. The Hall–Kier alpha value is -1.16. The SMILES string of the molecule is CC(C)(C#N)C(=O)Nc1ccc(I)cn1. The molecule has 0 aliphatic rings. The van der Waals surface area contributed by atoms with Crippen molar-refractivity contribution in [2.24, 2.45) is 5.41 Å². The van der Waals surface area contributed by atoms with Crippen molar-refractivity contribution in [3.63, 3.8) is 0 Å². The third kappa shape index (κ3) is 3.16. The quantitative estimate of drug-likeness (QED) is 0.851. The van der Waals surface area contributed by atoms with Crippen molar-refractivity contribution >= 4 is 34.3 Å². The summed E-state index contributed by atoms with van der Waals surface area (Å²) < 4.78 is 0.991. The zero-order chi connectivity index (χ0) is 11.5. The van der Waals surface area contributed by atoms with Crippen LogP contribution in [0.4, 0.5) is 5.82 Å². The molecule has 0 saturated carbocycles. The van der Waals surface area contributed by atoms with Crippen LogP contribution in [0.25, 0.3) is 0 Å². The highest BCUT2D eigenvalue weighted by Crippen LogP contribution is 2.16. The second-order valence-electron chi connectivity index (χ2n) is 3.55. The van der Waals surface area contributed by atoms with Gasteiger partial charge in [-0.3, -0.25) is 4.79 Å². The third-order valence-electron chi connectivity index (χ3n) is 1.82. The highest BCUT2D eigenvalue weighted by molar-refractivity contribution is 14.1. The Bertz CT molecular complexity index is 406. The number of carbonyl (C=O) groups is 1. The van der Waals surface area contributed by atoms with Gasteiger partial charge in [-0.15, -0.1) is 0 Å². The lowest BCUT2D eigenvalue weighted by Crippen LogP contribution is -2.29. The van der Waals surface area contributed by atoms with Crippen LogP contribution in [0.15, 0.2) is 18.3 Å². The second-order valence-corrected chi connectivity index (χ2v) is 4.80. The molecule has 1 rings (SSSR count). The van der Waals surface area contributed by atoms with Gasteiger partial charge in [0.15, 0.2) is 0 Å². The number of carbonyl (C=O) groups excluding carboxylic acids is 1. The van der Waals surface area contributed by atoms with Gasteiger partial charge >= 0.3 is 0 Å². The van der Waals surface area contributed by atoms with Crippen LogP contribution in [0, 0.1) is 20.3 Å². The number of aromatic nitrogens is 1. The fraction of sp³-hybridized carbons (Fsp3) is 0.300. The molecule has 0 fully saturated rings. The third-order valence-corrected chi connectivity index (χ3v) is 2.45. The Labute approximate surface area is 102 Å². The van der Waals surface area contributed by atoms with Crippen molar-refractivity contribution in [1.82, 2.24) is 4.98 Å². The highest BCUT2D eigenvalue weighted by Gasteiger charge is 2.27. The summed E-state index contributed by atoms with van der Waals surface area (Å²) in [4.78, 5) is 15.6. The van der Waals surface area contributed by atoms with E-state index in [1.807, 2.05) is 12.1 Å². The van der Waals surface area contributed by atoms with Gasteiger partial charge in [0, 0.05) is 9.77 Å². The number of nitriles is 1. The van der Waals surface area contributed by atoms with E-state index in [2.05, 4.69) is 32.9 Å². The zero-order valence-corrected chi connectivity index (χ0v) is 10.6. The van der Waals surface area contributed by atoms with Crippen LogP contribution in [-0.4, -0.2) is 10.9 Å². The zero-order valence-electron chi connectivity index (χ0n) is 8.41. The van der Waals surface area contributed by atoms with Crippen molar-refractivity contribution in [1.29, 1.82) is 5.26 Å². The van der Waals surface area contributed by atoms with Gasteiger partial charge in [-0.1, -0.05) is 0 Å². The normalized spacial score (nSPS) is 10.5. The molecule has 0 bridgehead atoms. The molecule has 1 aromatic rings. The molecule has 0 unspecified atom stereocenters. The molecular formula is C10H10IN3O. The predicted octanol–water partition coefficient (Wildman–Crippen LogP) is 2.17. The molecular weight excluding hydrogens is 305 g/mol. The first-order valence-corrected chi connectivity index (χ1v) is 5.38. The van der Waals surface area contributed by atoms with Crippen LogP contribution >= 0.6 is 22.6 Å². The summed E-state index contributed by atoms with van der Waals surface area (Å²) in [5.74, 6) is 0.113. The van der Waals surface area contributed by atoms with Crippen LogP contribution in [0.1, 0.15) is 13.8 Å². The van der Waals surface area contributed by atoms with E-state index in [0.29, 0.717) is 5.82 Å². The van der Waals surface area contributed by atoms with Gasteiger partial charge in [0.1, 0.15) is 11.2 Å². The largest absolute Gasteiger partial charge is 0.309 e. The van der Waals surface area contributed by atoms with Crippen LogP contribution < -0.4 is 5.32 Å². The molecule has 1 amide bonds. The van der Waals surface area contributed by atoms with Gasteiger partial charge in [0.25, 0.3) is 0 Å². The summed E-state index contributed by atoms with van der Waals surface area (Å²) in [5.41, 5.74) is -1.04. The minimum Gasteiger partial charge on any atom is -0.309 e. The molecule has 1 aromatic heterocycles. The number of anilines is 1. The van der Waals surface area contributed by atoms with E-state index >= 15 is 0 Å². The fourth-order valence-electron chi connectivity index (χ4n) is 0.773. The number of pyridine rings is 1. The Kier molecular flexibility index (Phi) is 3.63. The fourth-order valence-corrected chi connectivity index (χ4v) is 1.09. The van der Waals surface area contributed by atoms with Gasteiger partial charge in [0.2, 0.25) is 5.91 Å². The maximum absolute atomic E-state index is 11.6. The van der Waals surface area contributed by atoms with Gasteiger partial charge < -0.3 is 5.32 Å². The second kappa shape index (κ2) is 4.57. The molecule has 5 heteroatoms. The Morgan fingerprint density at radius 3 is 2.73 bits per heavy atom. The first-order chi connectivity index (χ1) is 6.95. The summed E-state index contributed by atoms with van der Waals surface area (Å²) in [5, 5.41) is 11.3. The summed E-state index contributed by atoms with van der Waals surface area (Å²) in [6.07, 6.45) is 1.65. The van der Waals surface area contributed by atoms with Gasteiger partial charge in [-0.2, -0.15) is 5.26 Å². The molecule has 0 radical (unpaired) electrons. The van der Waals surface area contributed by atoms with Crippen molar-refractivity contribution in [2.75, 3.05) is 5.32 Å². The number of halogens is 1. The Balaban J connectivity index is 2.76. The van der Waals surface area contributed by atoms with E-state index < -0.39 is 5.41 Å². The number of hydrogen-bond donors (Lipinski definition) is 1. The van der Waals surface area contributed by atoms with Crippen LogP contribution in [0.3, 0.4) is 0 Å². The molecule has 0 aliphatic heterocycles. The number of rotatable bonds is 2. The molecule has 0 aromatic carbocycles. The maximum Gasteiger partial charge on any atom is 0.245 e. The first-order valence-electron chi connectivity index (χ1n) is 4.30. The first kappa shape index (κ1) is 11.9. The molecule has 1 heterocycles. The van der Waals surface area contributed by atoms with E-state index in [1.54, 1.807) is 26.1 Å². The van der Waals surface area contributed by atoms with Crippen molar-refractivity contribution in [3.8, 4) is 6.07 Å². The molecule has 4 nitrogen and oxygen atoms in total. The summed E-state index contributed by atoms with van der Waals surface area (Å²) in [6.45, 7) is 3.13. The molecule has 0 aliphatic carbocycles. The van der Waals surface area contributed by atoms with E-state index in [4.69, 9.17) is 5.26 Å². The summed E-state index contributed by atoms with van der Waals surface area (Å²) in [6, 6.07) is 5.47. The van der Waals surface area contributed by atoms with Crippen molar-refractivity contribution < 1.29 is 4.79 Å². The van der Waals surface area contributed by atoms with E-state index in [1.165, 1.54) is 0 Å². The van der Waals surface area contributed by atoms with E-state index in [-0.39, 0.29) is 5.91 Å². The summed E-state index contributed by atoms with van der Waals surface area (Å²) >= 11 is 2.13. The topological polar surface area (TPSA) is 65.8 Å². The minimum absolute atomic E-state index is 0.348. The predicted molar refractivity (Wildman–Crippen MR) is 65.0 cm³/mol. The lowest BCUT2D eigenvalue weighted by atomic mass is 9.95. The number of amides is 1. The van der Waals surface area contributed by atoms with Crippen molar-refractivity contribution in [2.45, 2.75) is 13.8 Å². The van der Waals surface area contributed by atoms with Crippen LogP contribution in [0.5, 0.6) is 0 Å². The molecule has 0 atom stereocenters. The summed E-state index contributed by atoms with van der Waals surface area (Å²) in [7, 11) is 0. The van der Waals surface area contributed by atoms with Crippen molar-refractivity contribution in [3.05, 3.63) is 21.9 Å². The molecule has 1 N–H and O–H groups in total.